The summed E-state index contributed by atoms with van der Waals surface area (Å²) < 4.78 is 53.3. The van der Waals surface area contributed by atoms with Crippen LogP contribution in [0.15, 0.2) is 53.4 Å². The molecule has 0 aliphatic carbocycles. The second kappa shape index (κ2) is 8.38. The summed E-state index contributed by atoms with van der Waals surface area (Å²) in [6, 6.07) is 12.5. The van der Waals surface area contributed by atoms with Crippen LogP contribution in [0.5, 0.6) is 0 Å². The first-order valence-electron chi connectivity index (χ1n) is 10.3. The molecule has 172 valence electrons. The third-order valence-electron chi connectivity index (χ3n) is 5.73. The summed E-state index contributed by atoms with van der Waals surface area (Å²) in [4.78, 5) is 16.7. The normalized spacial score (nSPS) is 21.7. The van der Waals surface area contributed by atoms with Crippen LogP contribution in [0, 0.1) is 5.92 Å². The first kappa shape index (κ1) is 22.6. The molecule has 0 aromatic heterocycles. The topological polar surface area (TPSA) is 107 Å². The molecular weight excluding hydrogens is 452 g/mol. The summed E-state index contributed by atoms with van der Waals surface area (Å²) in [7, 11) is -5.53. The fourth-order valence-electron chi connectivity index (χ4n) is 3.87. The van der Waals surface area contributed by atoms with Crippen molar-refractivity contribution in [2.45, 2.75) is 11.8 Å². The van der Waals surface area contributed by atoms with Gasteiger partial charge >= 0.3 is 0 Å². The van der Waals surface area contributed by atoms with E-state index in [9.17, 15) is 21.6 Å². The molecule has 2 aliphatic rings. The molecule has 4 rings (SSSR count). The molecule has 2 fully saturated rings. The highest BCUT2D eigenvalue weighted by Gasteiger charge is 2.42. The summed E-state index contributed by atoms with van der Waals surface area (Å²) in [6.45, 7) is 5.35. The lowest BCUT2D eigenvalue weighted by atomic mass is 10.2. The standard InChI is InChI=1S/C21H26N4O5S2/c1-16-15-31(27,28)25(21(16)26)19-7-9-20(10-8-19)32(29,30)22-17-3-5-18(6-4-17)24-13-11-23(2)12-14-24/h3-10,16,22H,11-15H2,1-2H3/t16-/m1/s1. The van der Waals surface area contributed by atoms with E-state index in [1.807, 2.05) is 12.1 Å². The van der Waals surface area contributed by atoms with Gasteiger partial charge < -0.3 is 9.80 Å². The van der Waals surface area contributed by atoms with Crippen molar-refractivity contribution in [3.05, 3.63) is 48.5 Å². The van der Waals surface area contributed by atoms with Crippen molar-refractivity contribution in [1.29, 1.82) is 0 Å². The van der Waals surface area contributed by atoms with Gasteiger partial charge in [0, 0.05) is 37.6 Å². The molecule has 2 saturated heterocycles. The molecule has 2 heterocycles. The van der Waals surface area contributed by atoms with E-state index in [4.69, 9.17) is 0 Å². The van der Waals surface area contributed by atoms with Crippen molar-refractivity contribution < 1.29 is 21.6 Å². The number of hydrogen-bond donors (Lipinski definition) is 1. The highest BCUT2D eigenvalue weighted by Crippen LogP contribution is 2.29. The number of nitrogens with one attached hydrogen (secondary N) is 1. The van der Waals surface area contributed by atoms with Gasteiger partial charge in [0.2, 0.25) is 15.9 Å². The summed E-state index contributed by atoms with van der Waals surface area (Å²) in [5, 5.41) is 0. The van der Waals surface area contributed by atoms with E-state index in [2.05, 4.69) is 21.6 Å². The summed E-state index contributed by atoms with van der Waals surface area (Å²) >= 11 is 0. The Morgan fingerprint density at radius 1 is 0.906 bits per heavy atom. The molecule has 0 saturated carbocycles. The number of carbonyl (C=O) groups excluding carboxylic acids is 1. The second-order valence-corrected chi connectivity index (χ2v) is 11.8. The highest BCUT2D eigenvalue weighted by molar-refractivity contribution is 7.94. The molecule has 1 amide bonds. The lowest BCUT2D eigenvalue weighted by molar-refractivity contribution is -0.119. The van der Waals surface area contributed by atoms with E-state index in [1.54, 1.807) is 19.1 Å². The summed E-state index contributed by atoms with van der Waals surface area (Å²) in [5.41, 5.74) is 1.60. The van der Waals surface area contributed by atoms with Gasteiger partial charge in [-0.2, -0.15) is 0 Å². The molecule has 0 unspecified atom stereocenters. The number of rotatable bonds is 5. The van der Waals surface area contributed by atoms with E-state index >= 15 is 0 Å². The lowest BCUT2D eigenvalue weighted by Gasteiger charge is -2.34. The van der Waals surface area contributed by atoms with Crippen LogP contribution in [0.2, 0.25) is 0 Å². The maximum Gasteiger partial charge on any atom is 0.261 e. The van der Waals surface area contributed by atoms with E-state index in [0.717, 1.165) is 36.2 Å². The Bertz CT molecular complexity index is 1200. The molecule has 11 heteroatoms. The third-order valence-corrected chi connectivity index (χ3v) is 9.00. The average Bonchev–Trinajstić information content (AvgIpc) is 2.95. The molecule has 2 aromatic rings. The number of anilines is 3. The molecule has 32 heavy (non-hydrogen) atoms. The molecule has 2 aromatic carbocycles. The SMILES string of the molecule is C[C@@H]1CS(=O)(=O)N(c2ccc(S(=O)(=O)Nc3ccc(N4CCN(C)CC4)cc3)cc2)C1=O. The molecule has 0 radical (unpaired) electrons. The molecule has 0 bridgehead atoms. The maximum absolute atomic E-state index is 12.8. The van der Waals surface area contributed by atoms with Crippen LogP contribution < -0.4 is 13.9 Å². The Kier molecular flexibility index (Phi) is 5.91. The molecule has 2 aliphatic heterocycles. The van der Waals surface area contributed by atoms with Crippen LogP contribution in [0.3, 0.4) is 0 Å². The van der Waals surface area contributed by atoms with Gasteiger partial charge in [-0.05, 0) is 55.6 Å². The Labute approximate surface area is 188 Å². The van der Waals surface area contributed by atoms with Gasteiger partial charge in [-0.1, -0.05) is 6.92 Å². The summed E-state index contributed by atoms with van der Waals surface area (Å²) in [5.74, 6) is -1.39. The number of benzene rings is 2. The predicted molar refractivity (Wildman–Crippen MR) is 124 cm³/mol. The van der Waals surface area contributed by atoms with Crippen LogP contribution in [0.1, 0.15) is 6.92 Å². The Hall–Kier alpha value is -2.63. The number of carbonyl (C=O) groups is 1. The van der Waals surface area contributed by atoms with Gasteiger partial charge in [-0.25, -0.2) is 21.1 Å². The second-order valence-electron chi connectivity index (χ2n) is 8.22. The zero-order valence-corrected chi connectivity index (χ0v) is 19.6. The van der Waals surface area contributed by atoms with Crippen molar-refractivity contribution in [2.24, 2.45) is 5.92 Å². The number of sulfonamides is 2. The smallest absolute Gasteiger partial charge is 0.261 e. The number of amides is 1. The van der Waals surface area contributed by atoms with Gasteiger partial charge in [-0.15, -0.1) is 0 Å². The first-order valence-corrected chi connectivity index (χ1v) is 13.4. The van der Waals surface area contributed by atoms with Crippen LogP contribution in [0.4, 0.5) is 17.1 Å². The third kappa shape index (κ3) is 4.45. The molecule has 1 N–H and O–H groups in total. The lowest BCUT2D eigenvalue weighted by Crippen LogP contribution is -2.44. The monoisotopic (exact) mass is 478 g/mol. The van der Waals surface area contributed by atoms with Crippen molar-refractivity contribution in [2.75, 3.05) is 52.9 Å². The first-order chi connectivity index (χ1) is 15.1. The van der Waals surface area contributed by atoms with Crippen molar-refractivity contribution >= 4 is 43.0 Å². The van der Waals surface area contributed by atoms with Crippen molar-refractivity contribution in [3.63, 3.8) is 0 Å². The quantitative estimate of drug-likeness (QED) is 0.695. The van der Waals surface area contributed by atoms with E-state index in [-0.39, 0.29) is 16.3 Å². The van der Waals surface area contributed by atoms with E-state index in [0.29, 0.717) is 5.69 Å². The Balaban J connectivity index is 1.47. The maximum atomic E-state index is 12.8. The molecule has 1 atom stereocenters. The minimum absolute atomic E-state index is 0.0264. The van der Waals surface area contributed by atoms with Crippen molar-refractivity contribution in [1.82, 2.24) is 4.90 Å². The van der Waals surface area contributed by atoms with Crippen LogP contribution in [0.25, 0.3) is 0 Å². The minimum atomic E-state index is -3.87. The van der Waals surface area contributed by atoms with Gasteiger partial charge in [0.05, 0.1) is 22.3 Å². The number of hydrogen-bond acceptors (Lipinski definition) is 7. The highest BCUT2D eigenvalue weighted by atomic mass is 32.2. The zero-order valence-electron chi connectivity index (χ0n) is 17.9. The summed E-state index contributed by atoms with van der Waals surface area (Å²) in [6.07, 6.45) is 0. The zero-order chi connectivity index (χ0) is 23.1. The number of nitrogens with zero attached hydrogens (tertiary/aromatic N) is 3. The molecular formula is C21H26N4O5S2. The van der Waals surface area contributed by atoms with Crippen LogP contribution in [-0.2, 0) is 24.8 Å². The predicted octanol–water partition coefficient (Wildman–Crippen LogP) is 1.55. The average molecular weight is 479 g/mol. The van der Waals surface area contributed by atoms with Gasteiger partial charge in [0.1, 0.15) is 0 Å². The Morgan fingerprint density at radius 2 is 1.47 bits per heavy atom. The molecule has 9 nitrogen and oxygen atoms in total. The fourth-order valence-corrected chi connectivity index (χ4v) is 6.75. The van der Waals surface area contributed by atoms with E-state index in [1.165, 1.54) is 24.3 Å². The van der Waals surface area contributed by atoms with Crippen molar-refractivity contribution in [3.8, 4) is 0 Å². The number of piperazine rings is 1. The molecule has 0 spiro atoms. The largest absolute Gasteiger partial charge is 0.369 e. The van der Waals surface area contributed by atoms with Gasteiger partial charge in [-0.3, -0.25) is 9.52 Å². The van der Waals surface area contributed by atoms with Crippen LogP contribution in [-0.4, -0.2) is 66.6 Å². The Morgan fingerprint density at radius 3 is 2.00 bits per heavy atom. The minimum Gasteiger partial charge on any atom is -0.369 e. The number of likely N-dealkylation sites (N-methyl/N-ethyl adjacent to an activating group) is 1. The fraction of sp³-hybridized carbons (Fsp3) is 0.381. The van der Waals surface area contributed by atoms with Gasteiger partial charge in [0.15, 0.2) is 0 Å². The van der Waals surface area contributed by atoms with E-state index < -0.39 is 31.9 Å². The van der Waals surface area contributed by atoms with Gasteiger partial charge in [0.25, 0.3) is 10.0 Å². The van der Waals surface area contributed by atoms with Crippen LogP contribution >= 0.6 is 0 Å².